The molecule has 4 nitrogen and oxygen atoms in total. The van der Waals surface area contributed by atoms with E-state index in [4.69, 9.17) is 10.00 Å². The van der Waals surface area contributed by atoms with Crippen molar-refractivity contribution in [3.05, 3.63) is 29.3 Å². The minimum absolute atomic E-state index is 0.304. The third kappa shape index (κ3) is 3.80. The topological polar surface area (TPSA) is 53.3 Å². The van der Waals surface area contributed by atoms with E-state index < -0.39 is 6.09 Å². The number of aryl methyl sites for hydroxylation is 2. The van der Waals surface area contributed by atoms with E-state index in [1.807, 2.05) is 38.1 Å². The van der Waals surface area contributed by atoms with Gasteiger partial charge in [0.1, 0.15) is 5.75 Å². The van der Waals surface area contributed by atoms with Crippen molar-refractivity contribution in [1.29, 1.82) is 5.26 Å². The summed E-state index contributed by atoms with van der Waals surface area (Å²) in [5.74, 6) is 0.568. The van der Waals surface area contributed by atoms with E-state index in [-0.39, 0.29) is 0 Å². The third-order valence-electron chi connectivity index (χ3n) is 2.41. The number of nitriles is 1. The predicted molar refractivity (Wildman–Crippen MR) is 64.8 cm³/mol. The summed E-state index contributed by atoms with van der Waals surface area (Å²) in [6.07, 6.45) is -0.132. The van der Waals surface area contributed by atoms with Crippen molar-refractivity contribution in [3.63, 3.8) is 0 Å². The lowest BCUT2D eigenvalue weighted by Gasteiger charge is -2.16. The van der Waals surface area contributed by atoms with Crippen molar-refractivity contribution >= 4 is 6.09 Å². The zero-order valence-corrected chi connectivity index (χ0v) is 10.4. The molecular weight excluding hydrogens is 216 g/mol. The van der Waals surface area contributed by atoms with Gasteiger partial charge in [0.25, 0.3) is 0 Å². The van der Waals surface area contributed by atoms with Crippen LogP contribution >= 0.6 is 0 Å². The Morgan fingerprint density at radius 2 is 2.18 bits per heavy atom. The molecule has 0 aliphatic rings. The second kappa shape index (κ2) is 5.90. The molecule has 0 saturated carbocycles. The quantitative estimate of drug-likeness (QED) is 0.805. The van der Waals surface area contributed by atoms with Crippen molar-refractivity contribution in [3.8, 4) is 11.8 Å². The molecule has 0 aromatic heterocycles. The summed E-state index contributed by atoms with van der Waals surface area (Å²) in [6.45, 7) is 4.20. The van der Waals surface area contributed by atoms with E-state index in [1.54, 1.807) is 7.05 Å². The van der Waals surface area contributed by atoms with Crippen LogP contribution in [-0.4, -0.2) is 24.6 Å². The zero-order valence-electron chi connectivity index (χ0n) is 10.4. The molecule has 0 bridgehead atoms. The first kappa shape index (κ1) is 13.0. The first-order valence-corrected chi connectivity index (χ1v) is 5.41. The van der Waals surface area contributed by atoms with Crippen LogP contribution < -0.4 is 4.74 Å². The maximum atomic E-state index is 11.7. The van der Waals surface area contributed by atoms with E-state index in [9.17, 15) is 4.79 Å². The molecule has 17 heavy (non-hydrogen) atoms. The van der Waals surface area contributed by atoms with Crippen molar-refractivity contribution in [2.75, 3.05) is 13.6 Å². The van der Waals surface area contributed by atoms with Gasteiger partial charge in [0.2, 0.25) is 0 Å². The monoisotopic (exact) mass is 232 g/mol. The molecule has 0 saturated heterocycles. The molecule has 1 amide bonds. The Morgan fingerprint density at radius 3 is 2.82 bits per heavy atom. The van der Waals surface area contributed by atoms with Gasteiger partial charge in [-0.15, -0.1) is 0 Å². The van der Waals surface area contributed by atoms with Gasteiger partial charge in [-0.1, -0.05) is 12.1 Å². The summed E-state index contributed by atoms with van der Waals surface area (Å²) >= 11 is 0. The normalized spacial score (nSPS) is 9.53. The second-order valence-electron chi connectivity index (χ2n) is 3.97. The third-order valence-corrected chi connectivity index (χ3v) is 2.41. The van der Waals surface area contributed by atoms with Crippen molar-refractivity contribution in [1.82, 2.24) is 4.90 Å². The average Bonchev–Trinajstić information content (AvgIpc) is 2.30. The fraction of sp³-hybridized carbons (Fsp3) is 0.385. The van der Waals surface area contributed by atoms with Gasteiger partial charge in [0.05, 0.1) is 12.5 Å². The van der Waals surface area contributed by atoms with E-state index in [2.05, 4.69) is 0 Å². The van der Waals surface area contributed by atoms with Crippen LogP contribution in [0.5, 0.6) is 5.75 Å². The second-order valence-corrected chi connectivity index (χ2v) is 3.97. The summed E-state index contributed by atoms with van der Waals surface area (Å²) in [6, 6.07) is 7.69. The van der Waals surface area contributed by atoms with E-state index in [1.165, 1.54) is 4.90 Å². The van der Waals surface area contributed by atoms with Gasteiger partial charge in [-0.05, 0) is 31.0 Å². The van der Waals surface area contributed by atoms with Crippen LogP contribution in [0, 0.1) is 25.2 Å². The lowest BCUT2D eigenvalue weighted by molar-refractivity contribution is 0.163. The predicted octanol–water partition coefficient (Wildman–Crippen LogP) is 2.65. The molecule has 0 aliphatic carbocycles. The number of benzene rings is 1. The molecule has 1 aromatic rings. The zero-order chi connectivity index (χ0) is 12.8. The highest BCUT2D eigenvalue weighted by Gasteiger charge is 2.12. The Morgan fingerprint density at radius 1 is 1.47 bits per heavy atom. The van der Waals surface area contributed by atoms with Gasteiger partial charge in [0, 0.05) is 13.6 Å². The lowest BCUT2D eigenvalue weighted by atomic mass is 10.1. The van der Waals surface area contributed by atoms with Crippen LogP contribution in [0.4, 0.5) is 4.79 Å². The van der Waals surface area contributed by atoms with Crippen LogP contribution in [0.1, 0.15) is 17.5 Å². The molecule has 0 atom stereocenters. The number of rotatable bonds is 3. The molecular formula is C13H16N2O2. The van der Waals surface area contributed by atoms with Crippen molar-refractivity contribution in [2.45, 2.75) is 20.3 Å². The van der Waals surface area contributed by atoms with Gasteiger partial charge in [-0.25, -0.2) is 4.79 Å². The number of hydrogen-bond acceptors (Lipinski definition) is 3. The van der Waals surface area contributed by atoms with Crippen LogP contribution in [0.3, 0.4) is 0 Å². The highest BCUT2D eigenvalue weighted by Crippen LogP contribution is 2.19. The number of amides is 1. The lowest BCUT2D eigenvalue weighted by Crippen LogP contribution is -2.30. The van der Waals surface area contributed by atoms with Gasteiger partial charge >= 0.3 is 6.09 Å². The minimum Gasteiger partial charge on any atom is -0.410 e. The molecule has 0 aliphatic heterocycles. The van der Waals surface area contributed by atoms with E-state index in [0.29, 0.717) is 18.7 Å². The fourth-order valence-electron chi connectivity index (χ4n) is 1.30. The molecule has 0 fully saturated rings. The molecule has 0 N–H and O–H groups in total. The molecule has 0 heterocycles. The standard InChI is InChI=1S/C13H16N2O2/c1-10-5-6-11(2)12(9-10)17-13(16)15(3)8-4-7-14/h5-6,9H,4,8H2,1-3H3. The van der Waals surface area contributed by atoms with Crippen molar-refractivity contribution < 1.29 is 9.53 Å². The summed E-state index contributed by atoms with van der Waals surface area (Å²) < 4.78 is 5.26. The first-order valence-electron chi connectivity index (χ1n) is 5.41. The van der Waals surface area contributed by atoms with Crippen LogP contribution in [-0.2, 0) is 0 Å². The maximum Gasteiger partial charge on any atom is 0.415 e. The molecule has 1 rings (SSSR count). The van der Waals surface area contributed by atoms with E-state index >= 15 is 0 Å². The largest absolute Gasteiger partial charge is 0.415 e. The summed E-state index contributed by atoms with van der Waals surface area (Å²) in [5.41, 5.74) is 1.95. The molecule has 0 radical (unpaired) electrons. The molecule has 4 heteroatoms. The fourth-order valence-corrected chi connectivity index (χ4v) is 1.30. The molecule has 90 valence electrons. The molecule has 1 aromatic carbocycles. The molecule has 0 unspecified atom stereocenters. The number of carbonyl (C=O) groups excluding carboxylic acids is 1. The van der Waals surface area contributed by atoms with Gasteiger partial charge in [0.15, 0.2) is 0 Å². The Balaban J connectivity index is 2.68. The Hall–Kier alpha value is -2.02. The van der Waals surface area contributed by atoms with Crippen LogP contribution in [0.15, 0.2) is 18.2 Å². The minimum atomic E-state index is -0.436. The number of nitrogens with zero attached hydrogens (tertiary/aromatic N) is 2. The van der Waals surface area contributed by atoms with Crippen LogP contribution in [0.25, 0.3) is 0 Å². The van der Waals surface area contributed by atoms with Crippen molar-refractivity contribution in [2.24, 2.45) is 0 Å². The smallest absolute Gasteiger partial charge is 0.410 e. The summed E-state index contributed by atoms with van der Waals surface area (Å²) in [4.78, 5) is 13.1. The van der Waals surface area contributed by atoms with E-state index in [0.717, 1.165) is 11.1 Å². The average molecular weight is 232 g/mol. The SMILES string of the molecule is Cc1ccc(C)c(OC(=O)N(C)CCC#N)c1. The first-order chi connectivity index (χ1) is 8.04. The van der Waals surface area contributed by atoms with Gasteiger partial charge in [-0.3, -0.25) is 0 Å². The molecule has 0 spiro atoms. The Kier molecular flexibility index (Phi) is 4.53. The number of hydrogen-bond donors (Lipinski definition) is 0. The van der Waals surface area contributed by atoms with Gasteiger partial charge in [-0.2, -0.15) is 5.26 Å². The van der Waals surface area contributed by atoms with Crippen LogP contribution in [0.2, 0.25) is 0 Å². The van der Waals surface area contributed by atoms with Gasteiger partial charge < -0.3 is 9.64 Å². The summed E-state index contributed by atoms with van der Waals surface area (Å²) in [7, 11) is 1.62. The highest BCUT2D eigenvalue weighted by molar-refractivity contribution is 5.70. The maximum absolute atomic E-state index is 11.7. The highest BCUT2D eigenvalue weighted by atomic mass is 16.6. The Bertz CT molecular complexity index is 449. The summed E-state index contributed by atoms with van der Waals surface area (Å²) in [5, 5.41) is 8.44. The Labute approximate surface area is 101 Å². The number of carbonyl (C=O) groups is 1. The number of ether oxygens (including phenoxy) is 1.